The van der Waals surface area contributed by atoms with E-state index in [1.54, 1.807) is 38.5 Å². The molecule has 0 aliphatic heterocycles. The molecule has 0 aliphatic carbocycles. The fourth-order valence-corrected chi connectivity index (χ4v) is 2.30. The first-order valence-corrected chi connectivity index (χ1v) is 7.14. The zero-order chi connectivity index (χ0) is 15.4. The van der Waals surface area contributed by atoms with Crippen LogP contribution >= 0.6 is 15.9 Å². The Labute approximate surface area is 132 Å². The van der Waals surface area contributed by atoms with Gasteiger partial charge in [0, 0.05) is 33.9 Å². The Balaban J connectivity index is 2.29. The van der Waals surface area contributed by atoms with Gasteiger partial charge in [-0.3, -0.25) is 4.79 Å². The molecule has 21 heavy (non-hydrogen) atoms. The molecule has 0 bridgehead atoms. The minimum Gasteiger partial charge on any atom is -0.497 e. The molecule has 0 saturated carbocycles. The average molecular weight is 350 g/mol. The van der Waals surface area contributed by atoms with E-state index in [4.69, 9.17) is 9.47 Å². The van der Waals surface area contributed by atoms with Crippen molar-refractivity contribution in [3.8, 4) is 11.5 Å². The quantitative estimate of drug-likeness (QED) is 0.906. The van der Waals surface area contributed by atoms with Gasteiger partial charge in [-0.25, -0.2) is 0 Å². The third-order valence-corrected chi connectivity index (χ3v) is 3.98. The summed E-state index contributed by atoms with van der Waals surface area (Å²) in [5.41, 5.74) is 2.13. The van der Waals surface area contributed by atoms with Gasteiger partial charge in [0.1, 0.15) is 11.5 Å². The maximum absolute atomic E-state index is 12.4. The van der Waals surface area contributed by atoms with Gasteiger partial charge in [0.2, 0.25) is 0 Å². The monoisotopic (exact) mass is 349 g/mol. The number of carbonyl (C=O) groups is 1. The number of hydrogen-bond acceptors (Lipinski definition) is 3. The molecule has 1 N–H and O–H groups in total. The molecule has 0 unspecified atom stereocenters. The molecule has 2 rings (SSSR count). The van der Waals surface area contributed by atoms with E-state index in [1.807, 2.05) is 19.1 Å². The molecule has 1 amide bonds. The Bertz CT molecular complexity index is 648. The molecule has 4 nitrogen and oxygen atoms in total. The standard InChI is InChI=1S/C16H16BrNO3/c1-10-14(5-4-6-15(10)17)16(19)18-11-7-12(20-2)9-13(8-11)21-3/h4-9H,1-3H3,(H,18,19). The molecule has 5 heteroatoms. The van der Waals surface area contributed by atoms with Crippen molar-refractivity contribution < 1.29 is 14.3 Å². The lowest BCUT2D eigenvalue weighted by molar-refractivity contribution is 0.102. The van der Waals surface area contributed by atoms with Crippen LogP contribution in [0.1, 0.15) is 15.9 Å². The zero-order valence-electron chi connectivity index (χ0n) is 12.1. The minimum absolute atomic E-state index is 0.177. The number of methoxy groups -OCH3 is 2. The normalized spacial score (nSPS) is 10.1. The molecule has 0 spiro atoms. The van der Waals surface area contributed by atoms with E-state index < -0.39 is 0 Å². The highest BCUT2D eigenvalue weighted by molar-refractivity contribution is 9.10. The van der Waals surface area contributed by atoms with Gasteiger partial charge in [-0.05, 0) is 24.6 Å². The number of rotatable bonds is 4. The Hall–Kier alpha value is -2.01. The number of ether oxygens (including phenoxy) is 2. The molecule has 0 radical (unpaired) electrons. The van der Waals surface area contributed by atoms with Crippen LogP contribution in [0.15, 0.2) is 40.9 Å². The summed E-state index contributed by atoms with van der Waals surface area (Å²) in [4.78, 5) is 12.4. The van der Waals surface area contributed by atoms with Crippen molar-refractivity contribution in [3.63, 3.8) is 0 Å². The second kappa shape index (κ2) is 6.63. The lowest BCUT2D eigenvalue weighted by Gasteiger charge is -2.11. The van der Waals surface area contributed by atoms with Gasteiger partial charge in [0.15, 0.2) is 0 Å². The number of hydrogen-bond donors (Lipinski definition) is 1. The van der Waals surface area contributed by atoms with E-state index in [2.05, 4.69) is 21.2 Å². The maximum atomic E-state index is 12.4. The van der Waals surface area contributed by atoms with Crippen LogP contribution in [-0.2, 0) is 0 Å². The summed E-state index contributed by atoms with van der Waals surface area (Å²) in [6.45, 7) is 1.89. The molecule has 0 atom stereocenters. The van der Waals surface area contributed by atoms with Crippen LogP contribution in [-0.4, -0.2) is 20.1 Å². The van der Waals surface area contributed by atoms with Crippen LogP contribution in [0.2, 0.25) is 0 Å². The van der Waals surface area contributed by atoms with Crippen LogP contribution in [0, 0.1) is 6.92 Å². The molecule has 2 aromatic rings. The average Bonchev–Trinajstić information content (AvgIpc) is 2.49. The summed E-state index contributed by atoms with van der Waals surface area (Å²) in [6.07, 6.45) is 0. The van der Waals surface area contributed by atoms with Crippen LogP contribution in [0.4, 0.5) is 5.69 Å². The van der Waals surface area contributed by atoms with Gasteiger partial charge >= 0.3 is 0 Å². The van der Waals surface area contributed by atoms with E-state index in [9.17, 15) is 4.79 Å². The summed E-state index contributed by atoms with van der Waals surface area (Å²) < 4.78 is 11.3. The van der Waals surface area contributed by atoms with E-state index >= 15 is 0 Å². The van der Waals surface area contributed by atoms with Crippen molar-refractivity contribution >= 4 is 27.5 Å². The Morgan fingerprint density at radius 2 is 1.71 bits per heavy atom. The Kier molecular flexibility index (Phi) is 4.85. The van der Waals surface area contributed by atoms with E-state index in [0.717, 1.165) is 10.0 Å². The molecular formula is C16H16BrNO3. The number of carbonyl (C=O) groups excluding carboxylic acids is 1. The van der Waals surface area contributed by atoms with Crippen LogP contribution in [0.25, 0.3) is 0 Å². The summed E-state index contributed by atoms with van der Waals surface area (Å²) in [5, 5.41) is 2.86. The zero-order valence-corrected chi connectivity index (χ0v) is 13.7. The molecule has 0 aliphatic rings. The predicted octanol–water partition coefficient (Wildman–Crippen LogP) is 4.03. The van der Waals surface area contributed by atoms with E-state index in [0.29, 0.717) is 22.7 Å². The minimum atomic E-state index is -0.177. The molecular weight excluding hydrogens is 334 g/mol. The molecule has 0 saturated heterocycles. The Morgan fingerprint density at radius 1 is 1.10 bits per heavy atom. The number of halogens is 1. The van der Waals surface area contributed by atoms with Gasteiger partial charge in [-0.2, -0.15) is 0 Å². The Morgan fingerprint density at radius 3 is 2.29 bits per heavy atom. The number of benzene rings is 2. The van der Waals surface area contributed by atoms with E-state index in [1.165, 1.54) is 0 Å². The lowest BCUT2D eigenvalue weighted by atomic mass is 10.1. The van der Waals surface area contributed by atoms with Gasteiger partial charge in [0.05, 0.1) is 14.2 Å². The fourth-order valence-electron chi connectivity index (χ4n) is 1.93. The van der Waals surface area contributed by atoms with Crippen molar-refractivity contribution in [2.24, 2.45) is 0 Å². The fraction of sp³-hybridized carbons (Fsp3) is 0.188. The summed E-state index contributed by atoms with van der Waals surface area (Å²) in [5.74, 6) is 1.07. The van der Waals surface area contributed by atoms with Crippen molar-refractivity contribution in [2.75, 3.05) is 19.5 Å². The van der Waals surface area contributed by atoms with Gasteiger partial charge in [-0.15, -0.1) is 0 Å². The highest BCUT2D eigenvalue weighted by Crippen LogP contribution is 2.27. The van der Waals surface area contributed by atoms with Gasteiger partial charge < -0.3 is 14.8 Å². The van der Waals surface area contributed by atoms with Crippen molar-refractivity contribution in [2.45, 2.75) is 6.92 Å². The SMILES string of the molecule is COc1cc(NC(=O)c2cccc(Br)c2C)cc(OC)c1. The van der Waals surface area contributed by atoms with Crippen molar-refractivity contribution in [3.05, 3.63) is 52.0 Å². The molecule has 0 fully saturated rings. The first-order chi connectivity index (χ1) is 10.0. The van der Waals surface area contributed by atoms with Crippen LogP contribution in [0.5, 0.6) is 11.5 Å². The van der Waals surface area contributed by atoms with Crippen molar-refractivity contribution in [1.82, 2.24) is 0 Å². The number of amides is 1. The molecule has 110 valence electrons. The topological polar surface area (TPSA) is 47.6 Å². The molecule has 0 aromatic heterocycles. The lowest BCUT2D eigenvalue weighted by Crippen LogP contribution is -2.13. The van der Waals surface area contributed by atoms with Crippen LogP contribution in [0.3, 0.4) is 0 Å². The third-order valence-electron chi connectivity index (χ3n) is 3.12. The van der Waals surface area contributed by atoms with Gasteiger partial charge in [0.25, 0.3) is 5.91 Å². The summed E-state index contributed by atoms with van der Waals surface area (Å²) in [6, 6.07) is 10.8. The highest BCUT2D eigenvalue weighted by atomic mass is 79.9. The summed E-state index contributed by atoms with van der Waals surface area (Å²) >= 11 is 3.43. The predicted molar refractivity (Wildman–Crippen MR) is 86.4 cm³/mol. The maximum Gasteiger partial charge on any atom is 0.255 e. The van der Waals surface area contributed by atoms with Crippen molar-refractivity contribution in [1.29, 1.82) is 0 Å². The van der Waals surface area contributed by atoms with E-state index in [-0.39, 0.29) is 5.91 Å². The molecule has 0 heterocycles. The van der Waals surface area contributed by atoms with Gasteiger partial charge in [-0.1, -0.05) is 22.0 Å². The number of nitrogens with one attached hydrogen (secondary N) is 1. The molecule has 2 aromatic carbocycles. The second-order valence-electron chi connectivity index (χ2n) is 4.47. The first-order valence-electron chi connectivity index (χ1n) is 6.34. The number of anilines is 1. The highest BCUT2D eigenvalue weighted by Gasteiger charge is 2.12. The smallest absolute Gasteiger partial charge is 0.255 e. The largest absolute Gasteiger partial charge is 0.497 e. The summed E-state index contributed by atoms with van der Waals surface area (Å²) in [7, 11) is 3.14. The first kappa shape index (κ1) is 15.4. The van der Waals surface area contributed by atoms with Crippen LogP contribution < -0.4 is 14.8 Å². The third kappa shape index (κ3) is 3.55. The second-order valence-corrected chi connectivity index (χ2v) is 5.32.